The van der Waals surface area contributed by atoms with E-state index in [4.69, 9.17) is 23.4 Å². The van der Waals surface area contributed by atoms with E-state index >= 15 is 0 Å². The molecule has 6 aromatic rings. The van der Waals surface area contributed by atoms with Crippen LogP contribution in [0, 0.1) is 10.8 Å². The average molecular weight is 749 g/mol. The maximum atomic E-state index is 7.76. The number of methoxy groups -OCH3 is 3. The van der Waals surface area contributed by atoms with Gasteiger partial charge in [-0.15, -0.1) is 11.8 Å². The summed E-state index contributed by atoms with van der Waals surface area (Å²) in [5, 5.41) is 2.13. The Morgan fingerprint density at radius 1 is 0.673 bits per heavy atom. The second-order valence-corrected chi connectivity index (χ2v) is 17.9. The minimum Gasteiger partial charge on any atom is -0.497 e. The molecule has 0 atom stereocenters. The third kappa shape index (κ3) is 5.50. The lowest BCUT2D eigenvalue weighted by Crippen LogP contribution is -2.44. The maximum Gasteiger partial charge on any atom is 0.178 e. The fraction of sp³-hybridized carbons (Fsp3) is 0.306. The summed E-state index contributed by atoms with van der Waals surface area (Å²) in [5.41, 5.74) is 8.42. The van der Waals surface area contributed by atoms with E-state index in [0.717, 1.165) is 81.0 Å². The third-order valence-corrected chi connectivity index (χ3v) is 12.9. The van der Waals surface area contributed by atoms with Crippen LogP contribution in [0.1, 0.15) is 74.8 Å². The summed E-state index contributed by atoms with van der Waals surface area (Å²) in [7, 11) is 5.14. The molecule has 9 rings (SSSR count). The molecule has 1 aromatic heterocycles. The highest BCUT2D eigenvalue weighted by atomic mass is 32.2. The molecule has 2 heterocycles. The molecular weight excluding hydrogens is 701 g/mol. The first-order valence-electron chi connectivity index (χ1n) is 19.1. The van der Waals surface area contributed by atoms with Crippen molar-refractivity contribution in [2.45, 2.75) is 62.9 Å². The Balaban J connectivity index is 1.42. The predicted molar refractivity (Wildman–Crippen MR) is 224 cm³/mol. The second-order valence-electron chi connectivity index (χ2n) is 17.0. The van der Waals surface area contributed by atoms with E-state index in [0.29, 0.717) is 0 Å². The molecule has 0 bridgehead atoms. The third-order valence-electron chi connectivity index (χ3n) is 12.2. The normalized spacial score (nSPS) is 18.0. The number of ether oxygens (including phenoxy) is 4. The maximum absolute atomic E-state index is 7.76. The molecule has 1 fully saturated rings. The number of hydrogen-bond donors (Lipinski definition) is 0. The number of fused-ring (bicyclic) bond motifs is 10. The summed E-state index contributed by atoms with van der Waals surface area (Å²) in [6.07, 6.45) is 11.8. The highest BCUT2D eigenvalue weighted by Gasteiger charge is 2.55. The van der Waals surface area contributed by atoms with Crippen LogP contribution in [0.5, 0.6) is 23.0 Å². The minimum absolute atomic E-state index is 0.105. The monoisotopic (exact) mass is 748 g/mol. The van der Waals surface area contributed by atoms with E-state index in [-0.39, 0.29) is 16.2 Å². The van der Waals surface area contributed by atoms with Gasteiger partial charge in [0, 0.05) is 32.4 Å². The Bertz CT molecular complexity index is 2410. The van der Waals surface area contributed by atoms with Gasteiger partial charge in [0.1, 0.15) is 28.8 Å². The Kier molecular flexibility index (Phi) is 8.25. The lowest BCUT2D eigenvalue weighted by Gasteiger charge is -2.52. The van der Waals surface area contributed by atoms with Gasteiger partial charge in [-0.25, -0.2) is 0 Å². The van der Waals surface area contributed by atoms with Crippen molar-refractivity contribution in [1.82, 2.24) is 0 Å². The molecule has 1 aliphatic heterocycles. The highest BCUT2D eigenvalue weighted by Crippen LogP contribution is 2.67. The summed E-state index contributed by atoms with van der Waals surface area (Å²) in [5.74, 6) is 3.95. The van der Waals surface area contributed by atoms with Gasteiger partial charge in [0.15, 0.2) is 5.60 Å². The molecule has 5 nitrogen and oxygen atoms in total. The van der Waals surface area contributed by atoms with Gasteiger partial charge in [-0.05, 0) is 131 Å². The number of furan rings is 1. The van der Waals surface area contributed by atoms with Gasteiger partial charge in [-0.3, -0.25) is 0 Å². The molecule has 2 aliphatic carbocycles. The molecule has 0 unspecified atom stereocenters. The summed E-state index contributed by atoms with van der Waals surface area (Å²) < 4.78 is 31.2. The minimum atomic E-state index is -0.951. The molecule has 0 radical (unpaired) electrons. The van der Waals surface area contributed by atoms with E-state index in [1.54, 1.807) is 27.6 Å². The van der Waals surface area contributed by atoms with Crippen molar-refractivity contribution in [1.29, 1.82) is 0 Å². The van der Waals surface area contributed by atoms with Crippen molar-refractivity contribution in [3.8, 4) is 45.4 Å². The molecule has 0 amide bonds. The molecule has 5 aromatic carbocycles. The van der Waals surface area contributed by atoms with E-state index in [2.05, 4.69) is 101 Å². The van der Waals surface area contributed by atoms with Crippen molar-refractivity contribution in [3.05, 3.63) is 131 Å². The van der Waals surface area contributed by atoms with Crippen molar-refractivity contribution in [3.63, 3.8) is 0 Å². The van der Waals surface area contributed by atoms with Gasteiger partial charge in [0.05, 0.1) is 33.2 Å². The Morgan fingerprint density at radius 3 is 1.89 bits per heavy atom. The quantitative estimate of drug-likeness (QED) is 0.152. The van der Waals surface area contributed by atoms with E-state index in [9.17, 15) is 0 Å². The zero-order valence-electron chi connectivity index (χ0n) is 33.0. The van der Waals surface area contributed by atoms with Gasteiger partial charge in [0.2, 0.25) is 0 Å². The molecule has 1 spiro atoms. The van der Waals surface area contributed by atoms with Crippen molar-refractivity contribution < 1.29 is 23.4 Å². The molecule has 55 heavy (non-hydrogen) atoms. The zero-order chi connectivity index (χ0) is 38.3. The predicted octanol–water partition coefficient (Wildman–Crippen LogP) is 12.7. The first-order valence-corrected chi connectivity index (χ1v) is 20.3. The van der Waals surface area contributed by atoms with Crippen LogP contribution >= 0.6 is 11.8 Å². The van der Waals surface area contributed by atoms with Crippen LogP contribution in [0.2, 0.25) is 0 Å². The van der Waals surface area contributed by atoms with E-state index in [1.807, 2.05) is 48.2 Å². The first kappa shape index (κ1) is 35.6. The summed E-state index contributed by atoms with van der Waals surface area (Å²) in [6.45, 7) is 9.84. The van der Waals surface area contributed by atoms with Gasteiger partial charge in [-0.2, -0.15) is 0 Å². The summed E-state index contributed by atoms with van der Waals surface area (Å²) in [6, 6.07) is 32.0. The van der Waals surface area contributed by atoms with E-state index < -0.39 is 5.60 Å². The Hall–Kier alpha value is -5.07. The summed E-state index contributed by atoms with van der Waals surface area (Å²) >= 11 is 1.81. The lowest BCUT2D eigenvalue weighted by molar-refractivity contribution is 0.0641. The molecule has 6 heteroatoms. The van der Waals surface area contributed by atoms with Crippen LogP contribution in [0.15, 0.2) is 113 Å². The topological polar surface area (TPSA) is 50.1 Å². The van der Waals surface area contributed by atoms with Crippen molar-refractivity contribution >= 4 is 28.6 Å². The standard InChI is InChI=1S/C49H48O5S/c1-46(2)27-47(3,4)29-48(28-46)40-24-34(55-8)19-20-35(40)43-37-26-42(52-7)39(41-10-9-23-53-41)25-38(37)45-36(44(43)48)21-22-49(54-45,30-11-15-32(50-5)16-12-30)31-13-17-33(51-6)18-14-31/h9-26H,27-29H2,1-8H3. The van der Waals surface area contributed by atoms with Crippen LogP contribution in [-0.2, 0) is 11.0 Å². The van der Waals surface area contributed by atoms with Crippen LogP contribution in [0.4, 0.5) is 0 Å². The smallest absolute Gasteiger partial charge is 0.178 e. The Labute approximate surface area is 328 Å². The molecule has 280 valence electrons. The van der Waals surface area contributed by atoms with Crippen molar-refractivity contribution in [2.24, 2.45) is 10.8 Å². The van der Waals surface area contributed by atoms with Crippen LogP contribution < -0.4 is 18.9 Å². The van der Waals surface area contributed by atoms with Gasteiger partial charge < -0.3 is 23.4 Å². The highest BCUT2D eigenvalue weighted by molar-refractivity contribution is 7.98. The fourth-order valence-electron chi connectivity index (χ4n) is 10.8. The Morgan fingerprint density at radius 2 is 1.33 bits per heavy atom. The molecule has 0 N–H and O–H groups in total. The van der Waals surface area contributed by atoms with Crippen LogP contribution in [0.3, 0.4) is 0 Å². The second kappa shape index (κ2) is 12.7. The average Bonchev–Trinajstić information content (AvgIpc) is 3.81. The molecule has 0 saturated heterocycles. The van der Waals surface area contributed by atoms with E-state index in [1.165, 1.54) is 27.1 Å². The number of benzene rings is 5. The largest absolute Gasteiger partial charge is 0.497 e. The molecule has 3 aliphatic rings. The summed E-state index contributed by atoms with van der Waals surface area (Å²) in [4.78, 5) is 1.28. The lowest BCUT2D eigenvalue weighted by atomic mass is 9.52. The number of rotatable bonds is 7. The van der Waals surface area contributed by atoms with Crippen molar-refractivity contribution in [2.75, 3.05) is 27.6 Å². The van der Waals surface area contributed by atoms with Crippen LogP contribution in [0.25, 0.3) is 39.3 Å². The number of hydrogen-bond acceptors (Lipinski definition) is 6. The molecule has 1 saturated carbocycles. The van der Waals surface area contributed by atoms with Crippen LogP contribution in [-0.4, -0.2) is 27.6 Å². The van der Waals surface area contributed by atoms with Gasteiger partial charge >= 0.3 is 0 Å². The number of thioether (sulfide) groups is 1. The fourth-order valence-corrected chi connectivity index (χ4v) is 11.2. The van der Waals surface area contributed by atoms with Gasteiger partial charge in [-0.1, -0.05) is 64.1 Å². The zero-order valence-corrected chi connectivity index (χ0v) is 33.8. The SMILES string of the molecule is COc1ccc(C2(c3ccc(OC)cc3)C=Cc3c4c(c5cc(OC)c(-c6ccco6)cc5c3O2)-c2ccc(SC)cc2C42CC(C)(C)CC(C)(C)C2)cc1. The van der Waals surface area contributed by atoms with Gasteiger partial charge in [0.25, 0.3) is 0 Å². The molecular formula is C49H48O5S. The first-order chi connectivity index (χ1) is 26.4.